The zero-order valence-electron chi connectivity index (χ0n) is 12.4. The van der Waals surface area contributed by atoms with E-state index in [9.17, 15) is 13.2 Å². The standard InChI is InChI=1S/C15H27F3N2/c1-12-6-9-20(10-7-12)11-8-19-14-4-2-13(3-5-14)15(16,17)18/h12-14,19H,2-11H2,1H3. The quantitative estimate of drug-likeness (QED) is 0.854. The van der Waals surface area contributed by atoms with Gasteiger partial charge >= 0.3 is 6.18 Å². The second-order valence-electron chi connectivity index (χ2n) is 6.57. The number of nitrogens with zero attached hydrogens (tertiary/aromatic N) is 1. The molecule has 2 aliphatic rings. The van der Waals surface area contributed by atoms with Crippen LogP contribution in [0.25, 0.3) is 0 Å². The van der Waals surface area contributed by atoms with Crippen molar-refractivity contribution in [2.45, 2.75) is 57.7 Å². The van der Waals surface area contributed by atoms with Gasteiger partial charge in [-0.25, -0.2) is 0 Å². The zero-order valence-corrected chi connectivity index (χ0v) is 12.4. The van der Waals surface area contributed by atoms with Crippen LogP contribution in [0.3, 0.4) is 0 Å². The fourth-order valence-electron chi connectivity index (χ4n) is 3.34. The summed E-state index contributed by atoms with van der Waals surface area (Å²) >= 11 is 0. The Morgan fingerprint density at radius 1 is 1.00 bits per heavy atom. The van der Waals surface area contributed by atoms with Crippen LogP contribution in [-0.2, 0) is 0 Å². The summed E-state index contributed by atoms with van der Waals surface area (Å²) in [5, 5.41) is 3.44. The monoisotopic (exact) mass is 292 g/mol. The summed E-state index contributed by atoms with van der Waals surface area (Å²) in [4.78, 5) is 2.47. The summed E-state index contributed by atoms with van der Waals surface area (Å²) in [7, 11) is 0. The van der Waals surface area contributed by atoms with Crippen molar-refractivity contribution in [3.63, 3.8) is 0 Å². The summed E-state index contributed by atoms with van der Waals surface area (Å²) in [5.41, 5.74) is 0. The average molecular weight is 292 g/mol. The van der Waals surface area contributed by atoms with Gasteiger partial charge in [-0.1, -0.05) is 6.92 Å². The van der Waals surface area contributed by atoms with Crippen molar-refractivity contribution in [2.75, 3.05) is 26.2 Å². The predicted molar refractivity (Wildman–Crippen MR) is 74.6 cm³/mol. The van der Waals surface area contributed by atoms with Gasteiger partial charge in [-0.3, -0.25) is 0 Å². The van der Waals surface area contributed by atoms with Crippen molar-refractivity contribution < 1.29 is 13.2 Å². The van der Waals surface area contributed by atoms with Crippen LogP contribution in [0.1, 0.15) is 45.4 Å². The summed E-state index contributed by atoms with van der Waals surface area (Å²) in [6, 6.07) is 0.289. The third kappa shape index (κ3) is 4.92. The Kier molecular flexibility index (Phi) is 5.73. The maximum atomic E-state index is 12.6. The van der Waals surface area contributed by atoms with E-state index in [2.05, 4.69) is 17.1 Å². The van der Waals surface area contributed by atoms with Crippen molar-refractivity contribution >= 4 is 0 Å². The smallest absolute Gasteiger partial charge is 0.313 e. The lowest BCUT2D eigenvalue weighted by Gasteiger charge is -2.33. The van der Waals surface area contributed by atoms with Crippen LogP contribution in [0.4, 0.5) is 13.2 Å². The molecule has 2 rings (SSSR count). The molecule has 2 nitrogen and oxygen atoms in total. The normalized spacial score (nSPS) is 30.6. The van der Waals surface area contributed by atoms with Gasteiger partial charge in [0.15, 0.2) is 0 Å². The first-order chi connectivity index (χ1) is 9.45. The number of likely N-dealkylation sites (tertiary alicyclic amines) is 1. The van der Waals surface area contributed by atoms with Crippen LogP contribution in [-0.4, -0.2) is 43.3 Å². The Balaban J connectivity index is 1.57. The van der Waals surface area contributed by atoms with Crippen LogP contribution in [0, 0.1) is 11.8 Å². The number of alkyl halides is 3. The summed E-state index contributed by atoms with van der Waals surface area (Å²) in [6.45, 7) is 6.59. The second kappa shape index (κ2) is 7.12. The molecule has 1 N–H and O–H groups in total. The topological polar surface area (TPSA) is 15.3 Å². The fraction of sp³-hybridized carbons (Fsp3) is 1.00. The third-order valence-electron chi connectivity index (χ3n) is 4.93. The van der Waals surface area contributed by atoms with Gasteiger partial charge < -0.3 is 10.2 Å². The molecule has 118 valence electrons. The van der Waals surface area contributed by atoms with Crippen LogP contribution < -0.4 is 5.32 Å². The summed E-state index contributed by atoms with van der Waals surface area (Å²) < 4.78 is 37.7. The Morgan fingerprint density at radius 3 is 2.15 bits per heavy atom. The molecule has 20 heavy (non-hydrogen) atoms. The minimum Gasteiger partial charge on any atom is -0.313 e. The number of piperidine rings is 1. The van der Waals surface area contributed by atoms with E-state index >= 15 is 0 Å². The van der Waals surface area contributed by atoms with Gasteiger partial charge in [0, 0.05) is 19.1 Å². The molecule has 0 spiro atoms. The molecule has 0 aromatic heterocycles. The molecule has 0 aromatic carbocycles. The lowest BCUT2D eigenvalue weighted by Crippen LogP contribution is -2.42. The predicted octanol–water partition coefficient (Wildman–Crippen LogP) is 3.43. The van der Waals surface area contributed by atoms with E-state index in [0.29, 0.717) is 25.7 Å². The van der Waals surface area contributed by atoms with Gasteiger partial charge in [0.25, 0.3) is 0 Å². The lowest BCUT2D eigenvalue weighted by atomic mass is 9.85. The highest BCUT2D eigenvalue weighted by molar-refractivity contribution is 4.81. The summed E-state index contributed by atoms with van der Waals surface area (Å²) in [6.07, 6.45) is 0.482. The number of halogens is 3. The molecule has 1 saturated heterocycles. The lowest BCUT2D eigenvalue weighted by molar-refractivity contribution is -0.182. The molecule has 0 amide bonds. The molecule has 1 aliphatic heterocycles. The highest BCUT2D eigenvalue weighted by Gasteiger charge is 2.41. The largest absolute Gasteiger partial charge is 0.391 e. The maximum Gasteiger partial charge on any atom is 0.391 e. The highest BCUT2D eigenvalue weighted by atomic mass is 19.4. The van der Waals surface area contributed by atoms with E-state index in [4.69, 9.17) is 0 Å². The van der Waals surface area contributed by atoms with Gasteiger partial charge in [-0.15, -0.1) is 0 Å². The maximum absolute atomic E-state index is 12.6. The molecule has 2 fully saturated rings. The van der Waals surface area contributed by atoms with Crippen molar-refractivity contribution in [2.24, 2.45) is 11.8 Å². The highest BCUT2D eigenvalue weighted by Crippen LogP contribution is 2.37. The van der Waals surface area contributed by atoms with Gasteiger partial charge in [-0.2, -0.15) is 13.2 Å². The number of rotatable bonds is 4. The molecule has 1 aliphatic carbocycles. The Bertz CT molecular complexity index is 277. The number of nitrogens with one attached hydrogen (secondary N) is 1. The van der Waals surface area contributed by atoms with E-state index in [0.717, 1.165) is 19.0 Å². The van der Waals surface area contributed by atoms with Gasteiger partial charge in [0.2, 0.25) is 0 Å². The summed E-state index contributed by atoms with van der Waals surface area (Å²) in [5.74, 6) is -0.221. The van der Waals surface area contributed by atoms with Crippen molar-refractivity contribution in [3.05, 3.63) is 0 Å². The average Bonchev–Trinajstić information content (AvgIpc) is 2.41. The molecule has 0 radical (unpaired) electrons. The first kappa shape index (κ1) is 16.1. The Labute approximate surface area is 120 Å². The van der Waals surface area contributed by atoms with Gasteiger partial charge in [0.05, 0.1) is 5.92 Å². The van der Waals surface area contributed by atoms with Gasteiger partial charge in [-0.05, 0) is 57.5 Å². The van der Waals surface area contributed by atoms with Crippen molar-refractivity contribution in [3.8, 4) is 0 Å². The Hall–Kier alpha value is -0.290. The molecule has 1 heterocycles. The molecule has 0 atom stereocenters. The van der Waals surface area contributed by atoms with Crippen molar-refractivity contribution in [1.29, 1.82) is 0 Å². The van der Waals surface area contributed by atoms with E-state index < -0.39 is 12.1 Å². The SMILES string of the molecule is CC1CCN(CCNC2CCC(C(F)(F)F)CC2)CC1. The Morgan fingerprint density at radius 2 is 1.60 bits per heavy atom. The zero-order chi connectivity index (χ0) is 14.6. The van der Waals surface area contributed by atoms with Crippen LogP contribution in [0.2, 0.25) is 0 Å². The third-order valence-corrected chi connectivity index (χ3v) is 4.93. The van der Waals surface area contributed by atoms with Crippen LogP contribution >= 0.6 is 0 Å². The molecule has 0 aromatic rings. The molecular formula is C15H27F3N2. The van der Waals surface area contributed by atoms with Crippen LogP contribution in [0.15, 0.2) is 0 Å². The van der Waals surface area contributed by atoms with E-state index in [-0.39, 0.29) is 6.04 Å². The molecule has 0 unspecified atom stereocenters. The number of hydrogen-bond acceptors (Lipinski definition) is 2. The first-order valence-corrected chi connectivity index (χ1v) is 7.97. The number of hydrogen-bond donors (Lipinski definition) is 1. The fourth-order valence-corrected chi connectivity index (χ4v) is 3.34. The molecule has 0 bridgehead atoms. The second-order valence-corrected chi connectivity index (χ2v) is 6.57. The molecule has 1 saturated carbocycles. The minimum absolute atomic E-state index is 0.289. The van der Waals surface area contributed by atoms with Crippen molar-refractivity contribution in [1.82, 2.24) is 10.2 Å². The van der Waals surface area contributed by atoms with Gasteiger partial charge in [0.1, 0.15) is 0 Å². The first-order valence-electron chi connectivity index (χ1n) is 7.97. The van der Waals surface area contributed by atoms with E-state index in [1.807, 2.05) is 0 Å². The molecular weight excluding hydrogens is 265 g/mol. The van der Waals surface area contributed by atoms with E-state index in [1.54, 1.807) is 0 Å². The van der Waals surface area contributed by atoms with Crippen LogP contribution in [0.5, 0.6) is 0 Å². The van der Waals surface area contributed by atoms with E-state index in [1.165, 1.54) is 25.9 Å². The molecule has 5 heteroatoms. The minimum atomic E-state index is -3.99.